The van der Waals surface area contributed by atoms with E-state index < -0.39 is 17.3 Å². The molecule has 1 atom stereocenters. The Labute approximate surface area is 275 Å². The van der Waals surface area contributed by atoms with E-state index in [0.29, 0.717) is 44.0 Å². The zero-order valence-corrected chi connectivity index (χ0v) is 27.2. The highest BCUT2D eigenvalue weighted by atomic mass is 19.1. The number of likely N-dealkylation sites (N-methyl/N-ethyl adjacent to an activating group) is 1. The average molecular weight is 652 g/mol. The molecule has 5 heterocycles. The van der Waals surface area contributed by atoms with Gasteiger partial charge < -0.3 is 14.7 Å². The topological polar surface area (TPSA) is 105 Å². The number of carbonyl (C=O) groups excluding carboxylic acids is 1. The third kappa shape index (κ3) is 5.09. The van der Waals surface area contributed by atoms with Crippen LogP contribution in [-0.4, -0.2) is 79.6 Å². The molecule has 5 aromatic rings. The van der Waals surface area contributed by atoms with Crippen LogP contribution >= 0.6 is 0 Å². The molecule has 48 heavy (non-hydrogen) atoms. The van der Waals surface area contributed by atoms with E-state index in [1.54, 1.807) is 17.2 Å². The largest absolute Gasteiger partial charge is 0.372 e. The first-order chi connectivity index (χ1) is 23.1. The first-order valence-corrected chi connectivity index (χ1v) is 15.9. The Balaban J connectivity index is 1.58. The van der Waals surface area contributed by atoms with Crippen LogP contribution < -0.4 is 15.5 Å². The molecular weight excluding hydrogens is 616 g/mol. The van der Waals surface area contributed by atoms with Gasteiger partial charge in [-0.2, -0.15) is 4.98 Å². The van der Waals surface area contributed by atoms with Crippen molar-refractivity contribution in [1.82, 2.24) is 34.4 Å². The summed E-state index contributed by atoms with van der Waals surface area (Å²) in [5.41, 5.74) is 2.22. The molecule has 1 saturated heterocycles. The number of halogens is 2. The first-order valence-electron chi connectivity index (χ1n) is 15.9. The monoisotopic (exact) mass is 651 g/mol. The lowest BCUT2D eigenvalue weighted by atomic mass is 9.99. The number of nitrogens with zero attached hydrogens (tertiary/aromatic N) is 9. The van der Waals surface area contributed by atoms with Crippen LogP contribution in [0.4, 0.5) is 20.3 Å². The lowest BCUT2D eigenvalue weighted by Crippen LogP contribution is -2.54. The molecule has 0 spiro atoms. The second kappa shape index (κ2) is 12.0. The summed E-state index contributed by atoms with van der Waals surface area (Å²) >= 11 is 0. The Hall–Kier alpha value is -5.46. The van der Waals surface area contributed by atoms with Gasteiger partial charge in [0.25, 0.3) is 0 Å². The highest BCUT2D eigenvalue weighted by Crippen LogP contribution is 2.38. The quantitative estimate of drug-likeness (QED) is 0.260. The number of para-hydroxylation sites is 1. The van der Waals surface area contributed by atoms with Gasteiger partial charge in [0, 0.05) is 45.7 Å². The highest BCUT2D eigenvalue weighted by molar-refractivity contribution is 5.92. The van der Waals surface area contributed by atoms with E-state index in [2.05, 4.69) is 21.9 Å². The molecule has 2 aliphatic rings. The van der Waals surface area contributed by atoms with Gasteiger partial charge in [-0.25, -0.2) is 27.8 Å². The van der Waals surface area contributed by atoms with Gasteiger partial charge in [-0.3, -0.25) is 4.79 Å². The van der Waals surface area contributed by atoms with Crippen LogP contribution in [0, 0.1) is 11.6 Å². The summed E-state index contributed by atoms with van der Waals surface area (Å²) in [5.74, 6) is -1.46. The van der Waals surface area contributed by atoms with E-state index in [1.807, 2.05) is 55.8 Å². The summed E-state index contributed by atoms with van der Waals surface area (Å²) in [7, 11) is 1.93. The molecule has 2 aromatic carbocycles. The van der Waals surface area contributed by atoms with Crippen molar-refractivity contribution in [2.45, 2.75) is 39.2 Å². The van der Waals surface area contributed by atoms with Crippen molar-refractivity contribution in [3.8, 4) is 22.6 Å². The summed E-state index contributed by atoms with van der Waals surface area (Å²) < 4.78 is 35.2. The number of rotatable bonds is 3. The van der Waals surface area contributed by atoms with Gasteiger partial charge in [-0.05, 0) is 48.7 Å². The first kappa shape index (κ1) is 31.2. The van der Waals surface area contributed by atoms with Crippen molar-refractivity contribution < 1.29 is 13.6 Å². The number of pyridine rings is 1. The standard InChI is InChI=1S/C35H35F2N9O2/c1-6-29(47)43-15-16-44(21(4)18-43)33-24-17-26(37)31-30-25(36)10-8-11-27(30)45-19-22(40-41-45)13-14-42(5)28-12-7-9-23(20(2)3)32(28)46(34(24)38-31)35(48)39-33/h6-12,17,19-21H,1,13-16,18H2,2-5H3/t21-/m0/s1. The molecule has 246 valence electrons. The molecule has 0 aliphatic carbocycles. The molecule has 4 bridgehead atoms. The van der Waals surface area contributed by atoms with Crippen molar-refractivity contribution in [3.63, 3.8) is 0 Å². The van der Waals surface area contributed by atoms with Crippen LogP contribution in [0.1, 0.15) is 37.9 Å². The lowest BCUT2D eigenvalue weighted by molar-refractivity contribution is -0.126. The van der Waals surface area contributed by atoms with Crippen LogP contribution in [0.2, 0.25) is 0 Å². The number of anilines is 2. The molecule has 2 aliphatic heterocycles. The van der Waals surface area contributed by atoms with Crippen LogP contribution in [0.15, 0.2) is 66.1 Å². The summed E-state index contributed by atoms with van der Waals surface area (Å²) in [6.07, 6.45) is 3.48. The van der Waals surface area contributed by atoms with Gasteiger partial charge in [-0.1, -0.05) is 43.8 Å². The fourth-order valence-corrected chi connectivity index (χ4v) is 6.74. The van der Waals surface area contributed by atoms with Gasteiger partial charge >= 0.3 is 5.69 Å². The van der Waals surface area contributed by atoms with Gasteiger partial charge in [0.15, 0.2) is 11.5 Å². The number of benzene rings is 2. The maximum Gasteiger partial charge on any atom is 0.355 e. The number of fused-ring (bicyclic) bond motifs is 8. The lowest BCUT2D eigenvalue weighted by Gasteiger charge is -2.40. The second-order valence-corrected chi connectivity index (χ2v) is 12.6. The maximum atomic E-state index is 16.5. The third-order valence-corrected chi connectivity index (χ3v) is 9.21. The van der Waals surface area contributed by atoms with Crippen LogP contribution in [-0.2, 0) is 11.2 Å². The second-order valence-electron chi connectivity index (χ2n) is 12.6. The summed E-state index contributed by atoms with van der Waals surface area (Å²) in [5, 5.41) is 8.85. The number of piperazine rings is 1. The van der Waals surface area contributed by atoms with E-state index in [0.717, 1.165) is 11.3 Å². The van der Waals surface area contributed by atoms with Gasteiger partial charge in [-0.15, -0.1) is 5.10 Å². The van der Waals surface area contributed by atoms with E-state index >= 15 is 8.78 Å². The van der Waals surface area contributed by atoms with E-state index in [1.165, 1.54) is 33.5 Å². The number of hydrogen-bond donors (Lipinski definition) is 0. The Kier molecular flexibility index (Phi) is 7.77. The Morgan fingerprint density at radius 1 is 1.04 bits per heavy atom. The minimum absolute atomic E-state index is 0.0117. The molecule has 0 radical (unpaired) electrons. The Morgan fingerprint density at radius 2 is 1.81 bits per heavy atom. The predicted octanol–water partition coefficient (Wildman–Crippen LogP) is 4.65. The molecule has 1 amide bonds. The maximum absolute atomic E-state index is 16.5. The van der Waals surface area contributed by atoms with Crippen molar-refractivity contribution in [2.24, 2.45) is 0 Å². The van der Waals surface area contributed by atoms with Crippen LogP contribution in [0.5, 0.6) is 0 Å². The number of hydrogen-bond acceptors (Lipinski definition) is 8. The molecule has 11 nitrogen and oxygen atoms in total. The molecule has 13 heteroatoms. The smallest absolute Gasteiger partial charge is 0.355 e. The SMILES string of the molecule is C=CC(=O)N1CCN(c2nc(=O)n3c4nc(c(F)cc24)-c2c(F)cccc2-n2cc(nn2)CCN(C)c2cccc(C(C)C)c2-3)[C@@H](C)C1. The zero-order chi connectivity index (χ0) is 33.9. The minimum atomic E-state index is -0.794. The normalized spacial score (nSPS) is 16.2. The Morgan fingerprint density at radius 3 is 2.56 bits per heavy atom. The number of aromatic nitrogens is 6. The molecular formula is C35H35F2N9O2. The third-order valence-electron chi connectivity index (χ3n) is 9.21. The Bertz CT molecular complexity index is 2160. The highest BCUT2D eigenvalue weighted by Gasteiger charge is 2.32. The molecule has 0 unspecified atom stereocenters. The van der Waals surface area contributed by atoms with Crippen molar-refractivity contribution in [1.29, 1.82) is 0 Å². The van der Waals surface area contributed by atoms with Gasteiger partial charge in [0.05, 0.1) is 39.9 Å². The van der Waals surface area contributed by atoms with Crippen molar-refractivity contribution in [2.75, 3.05) is 43.0 Å². The predicted molar refractivity (Wildman–Crippen MR) is 180 cm³/mol. The van der Waals surface area contributed by atoms with Crippen LogP contribution in [0.25, 0.3) is 33.7 Å². The van der Waals surface area contributed by atoms with E-state index in [-0.39, 0.29) is 51.7 Å². The summed E-state index contributed by atoms with van der Waals surface area (Å²) in [6, 6.07) is 11.2. The number of amides is 1. The van der Waals surface area contributed by atoms with Crippen LogP contribution in [0.3, 0.4) is 0 Å². The van der Waals surface area contributed by atoms with Crippen molar-refractivity contribution in [3.05, 3.63) is 94.7 Å². The van der Waals surface area contributed by atoms with E-state index in [9.17, 15) is 9.59 Å². The molecule has 3 aromatic heterocycles. The number of carbonyl (C=O) groups is 1. The van der Waals surface area contributed by atoms with Crippen molar-refractivity contribution >= 4 is 28.4 Å². The molecule has 1 fully saturated rings. The summed E-state index contributed by atoms with van der Waals surface area (Å²) in [6.45, 7) is 11.2. The fourth-order valence-electron chi connectivity index (χ4n) is 6.74. The van der Waals surface area contributed by atoms with E-state index in [4.69, 9.17) is 4.98 Å². The average Bonchev–Trinajstić information content (AvgIpc) is 3.55. The fraction of sp³-hybridized carbons (Fsp3) is 0.314. The molecule has 0 N–H and O–H groups in total. The summed E-state index contributed by atoms with van der Waals surface area (Å²) in [4.78, 5) is 41.9. The molecule has 0 saturated carbocycles. The van der Waals surface area contributed by atoms with Gasteiger partial charge in [0.2, 0.25) is 5.91 Å². The minimum Gasteiger partial charge on any atom is -0.372 e. The molecule has 7 rings (SSSR count). The zero-order valence-electron chi connectivity index (χ0n) is 27.2. The van der Waals surface area contributed by atoms with Gasteiger partial charge in [0.1, 0.15) is 17.3 Å².